The number of benzene rings is 2. The van der Waals surface area contributed by atoms with Gasteiger partial charge < -0.3 is 15.8 Å². The zero-order valence-electron chi connectivity index (χ0n) is 21.4. The molecule has 6 nitrogen and oxygen atoms in total. The minimum Gasteiger partial charge on any atom is -0.444 e. The van der Waals surface area contributed by atoms with Crippen molar-refractivity contribution in [1.82, 2.24) is 10.3 Å². The van der Waals surface area contributed by atoms with Gasteiger partial charge in [0.15, 0.2) is 0 Å². The highest BCUT2D eigenvalue weighted by Crippen LogP contribution is 2.35. The predicted octanol–water partition coefficient (Wildman–Crippen LogP) is 5.93. The van der Waals surface area contributed by atoms with Gasteiger partial charge in [0.25, 0.3) is 0 Å². The first kappa shape index (κ1) is 25.9. The second-order valence-electron chi connectivity index (χ2n) is 10.2. The van der Waals surface area contributed by atoms with Crippen molar-refractivity contribution >= 4 is 29.0 Å². The van der Waals surface area contributed by atoms with E-state index in [2.05, 4.69) is 50.4 Å². The fourth-order valence-electron chi connectivity index (χ4n) is 3.92. The standard InChI is InChI=1S/C29H35N3O3/c1-18(2)15-25-23(17-31-28(34)35-29(4,5)6)27(21-11-7-19(3)8-12-21)22-16-20(10-14-26(30)33)9-13-24(22)32-25/h7-14,16,18H,15,17H2,1-6H3,(H2,30,33)(H,31,34). The molecule has 0 saturated heterocycles. The lowest BCUT2D eigenvalue weighted by atomic mass is 9.90. The van der Waals surface area contributed by atoms with Crippen molar-refractivity contribution < 1.29 is 14.3 Å². The summed E-state index contributed by atoms with van der Waals surface area (Å²) in [6, 6.07) is 14.2. The van der Waals surface area contributed by atoms with Crippen LogP contribution >= 0.6 is 0 Å². The summed E-state index contributed by atoms with van der Waals surface area (Å²) < 4.78 is 5.48. The number of carbonyl (C=O) groups is 2. The molecule has 35 heavy (non-hydrogen) atoms. The Morgan fingerprint density at radius 3 is 2.40 bits per heavy atom. The van der Waals surface area contributed by atoms with Crippen LogP contribution in [0.4, 0.5) is 4.79 Å². The molecule has 0 saturated carbocycles. The number of fused-ring (bicyclic) bond motifs is 1. The molecule has 2 amide bonds. The second kappa shape index (κ2) is 10.7. The lowest BCUT2D eigenvalue weighted by Gasteiger charge is -2.22. The summed E-state index contributed by atoms with van der Waals surface area (Å²) in [5.74, 6) is -0.125. The summed E-state index contributed by atoms with van der Waals surface area (Å²) >= 11 is 0. The first-order chi connectivity index (χ1) is 16.4. The summed E-state index contributed by atoms with van der Waals surface area (Å²) in [5, 5.41) is 3.87. The summed E-state index contributed by atoms with van der Waals surface area (Å²) in [6.45, 7) is 12.2. The Labute approximate surface area is 207 Å². The number of amides is 2. The van der Waals surface area contributed by atoms with E-state index in [1.54, 1.807) is 6.08 Å². The molecule has 0 aliphatic heterocycles. The van der Waals surface area contributed by atoms with Crippen molar-refractivity contribution in [3.05, 3.63) is 70.9 Å². The number of nitrogens with zero attached hydrogens (tertiary/aromatic N) is 1. The van der Waals surface area contributed by atoms with Crippen molar-refractivity contribution in [2.45, 2.75) is 60.1 Å². The fraction of sp³-hybridized carbons (Fsp3) is 0.345. The largest absolute Gasteiger partial charge is 0.444 e. The number of nitrogens with one attached hydrogen (secondary N) is 1. The average Bonchev–Trinajstić information content (AvgIpc) is 2.75. The molecule has 0 aliphatic carbocycles. The van der Waals surface area contributed by atoms with Gasteiger partial charge in [0.2, 0.25) is 5.91 Å². The van der Waals surface area contributed by atoms with Crippen molar-refractivity contribution in [1.29, 1.82) is 0 Å². The number of hydrogen-bond acceptors (Lipinski definition) is 4. The first-order valence-corrected chi connectivity index (χ1v) is 11.9. The van der Waals surface area contributed by atoms with Crippen LogP contribution in [-0.4, -0.2) is 22.6 Å². The van der Waals surface area contributed by atoms with Crippen molar-refractivity contribution in [2.24, 2.45) is 11.7 Å². The molecule has 1 heterocycles. The van der Waals surface area contributed by atoms with Crippen LogP contribution < -0.4 is 11.1 Å². The van der Waals surface area contributed by atoms with E-state index >= 15 is 0 Å². The van der Waals surface area contributed by atoms with Crippen LogP contribution in [0.25, 0.3) is 28.1 Å². The Hall–Kier alpha value is -3.67. The molecule has 0 radical (unpaired) electrons. The predicted molar refractivity (Wildman–Crippen MR) is 142 cm³/mol. The maximum atomic E-state index is 12.5. The Morgan fingerprint density at radius 1 is 1.11 bits per heavy atom. The topological polar surface area (TPSA) is 94.3 Å². The van der Waals surface area contributed by atoms with E-state index in [0.29, 0.717) is 5.92 Å². The Balaban J connectivity index is 2.23. The minimum absolute atomic E-state index is 0.282. The number of alkyl carbamates (subject to hydrolysis) is 1. The summed E-state index contributed by atoms with van der Waals surface area (Å²) in [5.41, 5.74) is 11.5. The van der Waals surface area contributed by atoms with Crippen LogP contribution in [0.5, 0.6) is 0 Å². The normalized spacial score (nSPS) is 11.9. The van der Waals surface area contributed by atoms with E-state index in [-0.39, 0.29) is 6.54 Å². The van der Waals surface area contributed by atoms with E-state index in [1.165, 1.54) is 6.08 Å². The number of nitrogens with two attached hydrogens (primary N) is 1. The zero-order chi connectivity index (χ0) is 25.8. The van der Waals surface area contributed by atoms with Crippen LogP contribution in [0, 0.1) is 12.8 Å². The Morgan fingerprint density at radius 2 is 1.80 bits per heavy atom. The molecule has 0 fully saturated rings. The van der Waals surface area contributed by atoms with Gasteiger partial charge in [0.1, 0.15) is 5.60 Å². The van der Waals surface area contributed by atoms with Gasteiger partial charge >= 0.3 is 6.09 Å². The molecule has 184 valence electrons. The number of carbonyl (C=O) groups excluding carboxylic acids is 2. The smallest absolute Gasteiger partial charge is 0.407 e. The lowest BCUT2D eigenvalue weighted by Crippen LogP contribution is -2.32. The highest BCUT2D eigenvalue weighted by atomic mass is 16.6. The zero-order valence-corrected chi connectivity index (χ0v) is 21.4. The molecule has 0 aliphatic rings. The highest BCUT2D eigenvalue weighted by molar-refractivity contribution is 5.98. The molecule has 0 bridgehead atoms. The molecular formula is C29H35N3O3. The summed E-state index contributed by atoms with van der Waals surface area (Å²) in [7, 11) is 0. The molecule has 0 spiro atoms. The van der Waals surface area contributed by atoms with Gasteiger partial charge in [0, 0.05) is 29.3 Å². The number of hydrogen-bond donors (Lipinski definition) is 2. The van der Waals surface area contributed by atoms with Gasteiger partial charge in [-0.3, -0.25) is 9.78 Å². The lowest BCUT2D eigenvalue weighted by molar-refractivity contribution is -0.113. The van der Waals surface area contributed by atoms with E-state index in [4.69, 9.17) is 15.5 Å². The Bertz CT molecular complexity index is 1250. The molecular weight excluding hydrogens is 438 g/mol. The number of primary amides is 1. The molecule has 6 heteroatoms. The number of aromatic nitrogens is 1. The number of rotatable bonds is 7. The van der Waals surface area contributed by atoms with Crippen molar-refractivity contribution in [2.75, 3.05) is 0 Å². The number of ether oxygens (including phenoxy) is 1. The van der Waals surface area contributed by atoms with Gasteiger partial charge in [-0.1, -0.05) is 49.7 Å². The monoisotopic (exact) mass is 473 g/mol. The van der Waals surface area contributed by atoms with Crippen LogP contribution in [0.3, 0.4) is 0 Å². The third kappa shape index (κ3) is 7.15. The van der Waals surface area contributed by atoms with Gasteiger partial charge in [-0.05, 0) is 74.9 Å². The van der Waals surface area contributed by atoms with Crippen LogP contribution in [0.1, 0.15) is 57.0 Å². The van der Waals surface area contributed by atoms with Gasteiger partial charge in [-0.2, -0.15) is 0 Å². The van der Waals surface area contributed by atoms with E-state index in [0.717, 1.165) is 50.8 Å². The van der Waals surface area contributed by atoms with Crippen LogP contribution in [0.2, 0.25) is 0 Å². The molecule has 2 aromatic carbocycles. The molecule has 3 N–H and O–H groups in total. The van der Waals surface area contributed by atoms with Crippen molar-refractivity contribution in [3.8, 4) is 11.1 Å². The Kier molecular flexibility index (Phi) is 7.95. The maximum absolute atomic E-state index is 12.5. The quantitative estimate of drug-likeness (QED) is 0.416. The summed E-state index contributed by atoms with van der Waals surface area (Å²) in [6.07, 6.45) is 3.34. The molecule has 1 aromatic heterocycles. The molecule has 3 aromatic rings. The number of pyridine rings is 1. The fourth-order valence-corrected chi connectivity index (χ4v) is 3.92. The van der Waals surface area contributed by atoms with E-state index < -0.39 is 17.6 Å². The average molecular weight is 474 g/mol. The molecule has 3 rings (SSSR count). The molecule has 0 unspecified atom stereocenters. The van der Waals surface area contributed by atoms with Gasteiger partial charge in [-0.25, -0.2) is 4.79 Å². The van der Waals surface area contributed by atoms with E-state index in [9.17, 15) is 9.59 Å². The third-order valence-electron chi connectivity index (χ3n) is 5.39. The first-order valence-electron chi connectivity index (χ1n) is 11.9. The number of aryl methyl sites for hydroxylation is 1. The SMILES string of the molecule is Cc1ccc(-c2c(CNC(=O)OC(C)(C)C)c(CC(C)C)nc3ccc(C=CC(N)=O)cc23)cc1. The molecule has 0 atom stereocenters. The minimum atomic E-state index is -0.589. The van der Waals surface area contributed by atoms with Crippen molar-refractivity contribution in [3.63, 3.8) is 0 Å². The third-order valence-corrected chi connectivity index (χ3v) is 5.39. The second-order valence-corrected chi connectivity index (χ2v) is 10.2. The summed E-state index contributed by atoms with van der Waals surface area (Å²) in [4.78, 5) is 28.8. The van der Waals surface area contributed by atoms with Crippen LogP contribution in [0.15, 0.2) is 48.5 Å². The maximum Gasteiger partial charge on any atom is 0.407 e. The van der Waals surface area contributed by atoms with Gasteiger partial charge in [-0.15, -0.1) is 0 Å². The van der Waals surface area contributed by atoms with Gasteiger partial charge in [0.05, 0.1) is 5.52 Å². The highest BCUT2D eigenvalue weighted by Gasteiger charge is 2.21. The van der Waals surface area contributed by atoms with Crippen LogP contribution in [-0.2, 0) is 22.5 Å². The van der Waals surface area contributed by atoms with E-state index in [1.807, 2.05) is 39.0 Å².